The summed E-state index contributed by atoms with van der Waals surface area (Å²) in [6.45, 7) is 4.45. The minimum Gasteiger partial charge on any atom is -1.00 e. The molecule has 0 saturated carbocycles. The van der Waals surface area contributed by atoms with E-state index < -0.39 is 19.5 Å². The molecule has 1 nitrogen and oxygen atoms in total. The van der Waals surface area contributed by atoms with Crippen LogP contribution in [0.25, 0.3) is 16.3 Å². The van der Waals surface area contributed by atoms with Crippen molar-refractivity contribution in [3.05, 3.63) is 89.5 Å². The fraction of sp³-hybridized carbons (Fsp3) is 0.130. The quantitative estimate of drug-likeness (QED) is 0.515. The zero-order chi connectivity index (χ0) is 17.2. The Morgan fingerprint density at radius 3 is 2.22 bits per heavy atom. The van der Waals surface area contributed by atoms with Gasteiger partial charge >= 0.3 is 159 Å². The van der Waals surface area contributed by atoms with E-state index in [-0.39, 0.29) is 24.8 Å². The first-order chi connectivity index (χ1) is 12.2. The summed E-state index contributed by atoms with van der Waals surface area (Å²) in [7, 11) is 0. The second-order valence-corrected chi connectivity index (χ2v) is 7.84. The zero-order valence-electron chi connectivity index (χ0n) is 15.3. The molecule has 0 N–H and O–H groups in total. The number of halogens is 2. The van der Waals surface area contributed by atoms with E-state index in [1.807, 2.05) is 30.3 Å². The van der Waals surface area contributed by atoms with Gasteiger partial charge in [-0.3, -0.25) is 0 Å². The van der Waals surface area contributed by atoms with Gasteiger partial charge in [-0.15, -0.1) is 0 Å². The van der Waals surface area contributed by atoms with Crippen LogP contribution in [0.3, 0.4) is 0 Å². The van der Waals surface area contributed by atoms with Crippen molar-refractivity contribution in [3.63, 3.8) is 0 Å². The van der Waals surface area contributed by atoms with Crippen molar-refractivity contribution >= 4 is 20.2 Å². The van der Waals surface area contributed by atoms with Gasteiger partial charge < -0.3 is 24.8 Å². The van der Waals surface area contributed by atoms with Crippen molar-refractivity contribution in [1.29, 1.82) is 0 Å². The minimum atomic E-state index is -0.744. The molecule has 3 aromatic carbocycles. The molecule has 0 aromatic heterocycles. The van der Waals surface area contributed by atoms with Crippen LogP contribution in [0.2, 0.25) is 0 Å². The van der Waals surface area contributed by atoms with Gasteiger partial charge in [0.2, 0.25) is 0 Å². The fourth-order valence-corrected chi connectivity index (χ4v) is 4.96. The summed E-state index contributed by atoms with van der Waals surface area (Å²) in [5, 5.41) is 2.63. The molecule has 0 bridgehead atoms. The van der Waals surface area contributed by atoms with Crippen molar-refractivity contribution in [2.75, 3.05) is 0 Å². The van der Waals surface area contributed by atoms with Crippen molar-refractivity contribution in [1.82, 2.24) is 0 Å². The van der Waals surface area contributed by atoms with Gasteiger partial charge in [0, 0.05) is 0 Å². The molecule has 0 fully saturated rings. The first-order valence-corrected chi connectivity index (χ1v) is 10.0. The normalized spacial score (nSPS) is 12.7. The fourth-order valence-electron chi connectivity index (χ4n) is 3.34. The minimum absolute atomic E-state index is 0. The molecule has 27 heavy (non-hydrogen) atoms. The van der Waals surface area contributed by atoms with Gasteiger partial charge in [-0.25, -0.2) is 0 Å². The Labute approximate surface area is 182 Å². The van der Waals surface area contributed by atoms with Crippen molar-refractivity contribution < 1.29 is 47.7 Å². The monoisotopic (exact) mass is 430 g/mol. The Hall–Kier alpha value is -1.51. The van der Waals surface area contributed by atoms with E-state index >= 15 is 0 Å². The van der Waals surface area contributed by atoms with Crippen molar-refractivity contribution in [2.45, 2.75) is 20.3 Å². The van der Waals surface area contributed by atoms with Crippen LogP contribution < -0.4 is 32.0 Å². The van der Waals surface area contributed by atoms with Crippen LogP contribution in [0.4, 0.5) is 0 Å². The smallest absolute Gasteiger partial charge is 1.00 e. The van der Waals surface area contributed by atoms with Crippen molar-refractivity contribution in [3.8, 4) is 5.75 Å². The van der Waals surface area contributed by atoms with Gasteiger partial charge in [-0.2, -0.15) is 0 Å². The van der Waals surface area contributed by atoms with Crippen molar-refractivity contribution in [2.24, 2.45) is 0 Å². The maximum atomic E-state index is 6.25. The van der Waals surface area contributed by atoms with Crippen LogP contribution in [0.15, 0.2) is 84.0 Å². The first kappa shape index (κ1) is 21.8. The molecule has 0 aliphatic heterocycles. The van der Waals surface area contributed by atoms with E-state index in [1.165, 1.54) is 36.9 Å². The molecule has 0 amide bonds. The number of allylic oxidation sites excluding steroid dienone is 4. The Morgan fingerprint density at radius 2 is 1.52 bits per heavy atom. The van der Waals surface area contributed by atoms with Crippen LogP contribution >= 0.6 is 0 Å². The van der Waals surface area contributed by atoms with E-state index in [2.05, 4.69) is 56.3 Å². The third-order valence-corrected chi connectivity index (χ3v) is 6.61. The zero-order valence-corrected chi connectivity index (χ0v) is 18.4. The summed E-state index contributed by atoms with van der Waals surface area (Å²) in [4.78, 5) is 0. The summed E-state index contributed by atoms with van der Waals surface area (Å²) < 4.78 is 7.65. The number of rotatable bonds is 4. The molecular weight excluding hydrogens is 411 g/mol. The number of hydrogen-bond acceptors (Lipinski definition) is 1. The van der Waals surface area contributed by atoms with Gasteiger partial charge in [0.1, 0.15) is 0 Å². The molecule has 1 aliphatic carbocycles. The third-order valence-electron chi connectivity index (χ3n) is 4.92. The number of hydrogen-bond donors (Lipinski definition) is 0. The molecule has 1 aliphatic rings. The predicted molar refractivity (Wildman–Crippen MR) is 102 cm³/mol. The van der Waals surface area contributed by atoms with Gasteiger partial charge in [0.05, 0.1) is 0 Å². The molecule has 0 unspecified atom stereocenters. The topological polar surface area (TPSA) is 9.23 Å². The van der Waals surface area contributed by atoms with Gasteiger partial charge in [0.25, 0.3) is 0 Å². The van der Waals surface area contributed by atoms with E-state index in [0.717, 1.165) is 12.2 Å². The summed E-state index contributed by atoms with van der Waals surface area (Å²) in [6.07, 6.45) is 3.36. The van der Waals surface area contributed by atoms with E-state index in [4.69, 9.17) is 3.32 Å². The maximum Gasteiger partial charge on any atom is -1.00 e. The Bertz CT molecular complexity index is 994. The maximum absolute atomic E-state index is 6.25. The van der Waals surface area contributed by atoms with Gasteiger partial charge in [-0.05, 0) is 0 Å². The molecule has 4 rings (SSSR count). The van der Waals surface area contributed by atoms with Crippen LogP contribution in [0.5, 0.6) is 5.75 Å². The Kier molecular flexibility index (Phi) is 7.76. The van der Waals surface area contributed by atoms with E-state index in [1.54, 1.807) is 0 Å². The molecule has 3 aromatic rings. The molecule has 0 saturated heterocycles. The molecule has 0 spiro atoms. The molecule has 0 heterocycles. The summed E-state index contributed by atoms with van der Waals surface area (Å²) >= 11 is -0.744. The molecule has 4 heteroatoms. The van der Waals surface area contributed by atoms with Gasteiger partial charge in [-0.1, -0.05) is 0 Å². The molecule has 136 valence electrons. The largest absolute Gasteiger partial charge is 1.00 e. The average molecular weight is 431 g/mol. The van der Waals surface area contributed by atoms with E-state index in [0.29, 0.717) is 0 Å². The second kappa shape index (κ2) is 9.62. The Morgan fingerprint density at radius 1 is 0.815 bits per heavy atom. The van der Waals surface area contributed by atoms with Crippen LogP contribution in [0, 0.1) is 0 Å². The third kappa shape index (κ3) is 4.50. The SMILES string of the molecule is CC1=CCC(c2ccc3ccccc3[c]2[Ti+2][O]c2ccccc2)=C1C.[Cl-].[Cl-]. The number of fused-ring (bicyclic) bond motifs is 1. The number of para-hydroxylation sites is 1. The number of benzene rings is 3. The van der Waals surface area contributed by atoms with E-state index in [9.17, 15) is 0 Å². The molecular formula is C23H20Cl2OTi. The molecule has 0 atom stereocenters. The van der Waals surface area contributed by atoms with Crippen LogP contribution in [-0.4, -0.2) is 0 Å². The van der Waals surface area contributed by atoms with Crippen LogP contribution in [0.1, 0.15) is 25.8 Å². The first-order valence-electron chi connectivity index (χ1n) is 8.61. The predicted octanol–water partition coefficient (Wildman–Crippen LogP) is -0.327. The Balaban J connectivity index is 0.00000131. The summed E-state index contributed by atoms with van der Waals surface area (Å²) in [6, 6.07) is 23.4. The standard InChI is InChI=1S/C17H15.C6H6O.2ClH.Ti/c1-12-7-10-17(13(12)2)16-9-8-14-5-3-4-6-15(14)11-16;7-6-4-2-1-3-5-6;;;/h3-9H,10H2,1-2H3;1-5,7H;2*1H;/q;;;;+3/p-3. The second-order valence-electron chi connectivity index (χ2n) is 6.42. The molecule has 0 radical (unpaired) electrons. The summed E-state index contributed by atoms with van der Waals surface area (Å²) in [5.74, 6) is 0.966. The summed E-state index contributed by atoms with van der Waals surface area (Å²) in [5.41, 5.74) is 5.65. The average Bonchev–Trinajstić information content (AvgIpc) is 2.99. The van der Waals surface area contributed by atoms with Crippen LogP contribution in [-0.2, 0) is 19.5 Å². The van der Waals surface area contributed by atoms with Gasteiger partial charge in [0.15, 0.2) is 0 Å².